The third kappa shape index (κ3) is 5.55. The summed E-state index contributed by atoms with van der Waals surface area (Å²) in [7, 11) is 0. The maximum Gasteiger partial charge on any atom is 0.418 e. The lowest BCUT2D eigenvalue weighted by Crippen LogP contribution is -2.47. The Bertz CT molecular complexity index is 231. The largest absolute Gasteiger partial charge is 0.449 e. The summed E-state index contributed by atoms with van der Waals surface area (Å²) < 4.78 is 4.76. The minimum absolute atomic E-state index is 0.156. The number of nitrogens with two attached hydrogens (primary N) is 1. The fraction of sp³-hybridized carbons (Fsp3) is 0.800. The molecule has 0 heterocycles. The number of carbonyl (C=O) groups is 2. The van der Waals surface area contributed by atoms with Crippen LogP contribution < -0.4 is 11.1 Å². The lowest BCUT2D eigenvalue weighted by atomic mass is 10.2. The maximum atomic E-state index is 11.6. The predicted octanol–water partition coefficient (Wildman–Crippen LogP) is 0.769. The summed E-state index contributed by atoms with van der Waals surface area (Å²) >= 11 is 0. The molecule has 0 aromatic rings. The predicted molar refractivity (Wildman–Crippen MR) is 61.0 cm³/mol. The highest BCUT2D eigenvalue weighted by molar-refractivity contribution is 5.90. The van der Waals surface area contributed by atoms with Crippen molar-refractivity contribution in [1.29, 1.82) is 0 Å². The first-order valence-electron chi connectivity index (χ1n) is 5.45. The Morgan fingerprint density at radius 1 is 1.44 bits per heavy atom. The van der Waals surface area contributed by atoms with Crippen LogP contribution >= 0.6 is 0 Å². The second-order valence-electron chi connectivity index (χ2n) is 3.72. The molecule has 0 aromatic heterocycles. The van der Waals surface area contributed by atoms with Gasteiger partial charge in [-0.25, -0.2) is 14.5 Å². The SMILES string of the molecule is CCOC(=O)N(CCN)C(=O)NCC(C)C. The molecule has 0 saturated heterocycles. The molecule has 6 heteroatoms. The zero-order chi connectivity index (χ0) is 12.6. The Morgan fingerprint density at radius 3 is 2.50 bits per heavy atom. The van der Waals surface area contributed by atoms with Crippen molar-refractivity contribution < 1.29 is 14.3 Å². The zero-order valence-electron chi connectivity index (χ0n) is 10.2. The van der Waals surface area contributed by atoms with Gasteiger partial charge in [0.25, 0.3) is 0 Å². The van der Waals surface area contributed by atoms with Crippen molar-refractivity contribution in [3.8, 4) is 0 Å². The number of nitrogens with one attached hydrogen (secondary N) is 1. The summed E-state index contributed by atoms with van der Waals surface area (Å²) in [6.45, 7) is 6.74. The molecule has 0 fully saturated rings. The number of nitrogens with zero attached hydrogens (tertiary/aromatic N) is 1. The number of ether oxygens (including phenoxy) is 1. The van der Waals surface area contributed by atoms with Gasteiger partial charge in [0.1, 0.15) is 0 Å². The lowest BCUT2D eigenvalue weighted by Gasteiger charge is -2.20. The van der Waals surface area contributed by atoms with Gasteiger partial charge in [0.15, 0.2) is 0 Å². The van der Waals surface area contributed by atoms with Gasteiger partial charge in [-0.15, -0.1) is 0 Å². The van der Waals surface area contributed by atoms with E-state index in [0.29, 0.717) is 12.5 Å². The molecule has 0 bridgehead atoms. The highest BCUT2D eigenvalue weighted by atomic mass is 16.6. The number of imide groups is 1. The Morgan fingerprint density at radius 2 is 2.06 bits per heavy atom. The first-order chi connectivity index (χ1) is 7.52. The van der Waals surface area contributed by atoms with E-state index in [9.17, 15) is 9.59 Å². The van der Waals surface area contributed by atoms with E-state index in [1.807, 2.05) is 13.8 Å². The lowest BCUT2D eigenvalue weighted by molar-refractivity contribution is 0.115. The number of hydrogen-bond acceptors (Lipinski definition) is 4. The number of amides is 3. The molecule has 0 aliphatic rings. The summed E-state index contributed by atoms with van der Waals surface area (Å²) in [4.78, 5) is 24.0. The van der Waals surface area contributed by atoms with E-state index >= 15 is 0 Å². The van der Waals surface area contributed by atoms with E-state index in [1.54, 1.807) is 6.92 Å². The molecule has 3 amide bonds. The van der Waals surface area contributed by atoms with Crippen molar-refractivity contribution in [2.45, 2.75) is 20.8 Å². The van der Waals surface area contributed by atoms with Crippen LogP contribution in [0.4, 0.5) is 9.59 Å². The molecule has 0 spiro atoms. The Hall–Kier alpha value is -1.30. The molecule has 0 atom stereocenters. The highest BCUT2D eigenvalue weighted by Gasteiger charge is 2.21. The zero-order valence-corrected chi connectivity index (χ0v) is 10.2. The molecular weight excluding hydrogens is 210 g/mol. The Labute approximate surface area is 96.1 Å². The van der Waals surface area contributed by atoms with Gasteiger partial charge in [-0.05, 0) is 12.8 Å². The molecule has 0 aliphatic carbocycles. The third-order valence-electron chi connectivity index (χ3n) is 1.75. The van der Waals surface area contributed by atoms with Gasteiger partial charge in [0.05, 0.1) is 6.61 Å². The van der Waals surface area contributed by atoms with E-state index < -0.39 is 12.1 Å². The number of rotatable bonds is 5. The topological polar surface area (TPSA) is 84.7 Å². The molecule has 16 heavy (non-hydrogen) atoms. The number of hydrogen-bond donors (Lipinski definition) is 2. The molecule has 0 unspecified atom stereocenters. The molecular formula is C10H21N3O3. The molecule has 0 aromatic carbocycles. The molecule has 0 saturated carbocycles. The van der Waals surface area contributed by atoms with Gasteiger partial charge in [0, 0.05) is 19.6 Å². The van der Waals surface area contributed by atoms with Crippen molar-refractivity contribution in [2.75, 3.05) is 26.2 Å². The fourth-order valence-electron chi connectivity index (χ4n) is 0.993. The maximum absolute atomic E-state index is 11.6. The number of urea groups is 1. The summed E-state index contributed by atoms with van der Waals surface area (Å²) in [6, 6.07) is -0.461. The molecule has 0 aliphatic heterocycles. The van der Waals surface area contributed by atoms with E-state index in [2.05, 4.69) is 5.32 Å². The van der Waals surface area contributed by atoms with E-state index in [0.717, 1.165) is 4.90 Å². The van der Waals surface area contributed by atoms with Crippen molar-refractivity contribution in [1.82, 2.24) is 10.2 Å². The average Bonchev–Trinajstić information content (AvgIpc) is 2.22. The minimum Gasteiger partial charge on any atom is -0.449 e. The molecule has 94 valence electrons. The summed E-state index contributed by atoms with van der Waals surface area (Å²) in [5.41, 5.74) is 5.33. The highest BCUT2D eigenvalue weighted by Crippen LogP contribution is 1.96. The Balaban J connectivity index is 4.28. The molecule has 3 N–H and O–H groups in total. The van der Waals surface area contributed by atoms with Crippen molar-refractivity contribution >= 4 is 12.1 Å². The van der Waals surface area contributed by atoms with Crippen LogP contribution in [-0.4, -0.2) is 43.3 Å². The average molecular weight is 231 g/mol. The van der Waals surface area contributed by atoms with Crippen LogP contribution in [-0.2, 0) is 4.74 Å². The standard InChI is InChI=1S/C10H21N3O3/c1-4-16-10(15)13(6-5-11)9(14)12-7-8(2)3/h8H,4-7,11H2,1-3H3,(H,12,14). The van der Waals surface area contributed by atoms with Crippen LogP contribution in [0.25, 0.3) is 0 Å². The first-order valence-corrected chi connectivity index (χ1v) is 5.45. The van der Waals surface area contributed by atoms with Crippen molar-refractivity contribution in [2.24, 2.45) is 11.7 Å². The van der Waals surface area contributed by atoms with Gasteiger partial charge in [-0.1, -0.05) is 13.8 Å². The van der Waals surface area contributed by atoms with Crippen LogP contribution in [0.1, 0.15) is 20.8 Å². The van der Waals surface area contributed by atoms with Crippen molar-refractivity contribution in [3.63, 3.8) is 0 Å². The molecule has 0 rings (SSSR count). The molecule has 6 nitrogen and oxygen atoms in total. The van der Waals surface area contributed by atoms with E-state index in [-0.39, 0.29) is 19.7 Å². The van der Waals surface area contributed by atoms with Crippen molar-refractivity contribution in [3.05, 3.63) is 0 Å². The van der Waals surface area contributed by atoms with E-state index in [1.165, 1.54) is 0 Å². The molecule has 0 radical (unpaired) electrons. The number of carbonyl (C=O) groups excluding carboxylic acids is 2. The van der Waals surface area contributed by atoms with E-state index in [4.69, 9.17) is 10.5 Å². The summed E-state index contributed by atoms with van der Waals surface area (Å²) in [5.74, 6) is 0.325. The minimum atomic E-state index is -0.658. The monoisotopic (exact) mass is 231 g/mol. The van der Waals surface area contributed by atoms with Crippen LogP contribution in [0, 0.1) is 5.92 Å². The van der Waals surface area contributed by atoms with Crippen LogP contribution in [0.5, 0.6) is 0 Å². The quantitative estimate of drug-likeness (QED) is 0.732. The van der Waals surface area contributed by atoms with Crippen LogP contribution in [0.2, 0.25) is 0 Å². The normalized spacial score (nSPS) is 10.1. The third-order valence-corrected chi connectivity index (χ3v) is 1.75. The van der Waals surface area contributed by atoms with Gasteiger partial charge in [0.2, 0.25) is 0 Å². The van der Waals surface area contributed by atoms with Crippen LogP contribution in [0.15, 0.2) is 0 Å². The van der Waals surface area contributed by atoms with Gasteiger partial charge in [-0.3, -0.25) is 0 Å². The van der Waals surface area contributed by atoms with Crippen LogP contribution in [0.3, 0.4) is 0 Å². The van der Waals surface area contributed by atoms with Gasteiger partial charge in [-0.2, -0.15) is 0 Å². The van der Waals surface area contributed by atoms with Gasteiger partial charge < -0.3 is 15.8 Å². The summed E-state index contributed by atoms with van der Waals surface area (Å²) in [5, 5.41) is 2.64. The second kappa shape index (κ2) is 7.92. The fourth-order valence-corrected chi connectivity index (χ4v) is 0.993. The Kier molecular flexibility index (Phi) is 7.28. The summed E-state index contributed by atoms with van der Waals surface area (Å²) in [6.07, 6.45) is -0.658. The smallest absolute Gasteiger partial charge is 0.418 e. The second-order valence-corrected chi connectivity index (χ2v) is 3.72. The van der Waals surface area contributed by atoms with Gasteiger partial charge >= 0.3 is 12.1 Å². The first kappa shape index (κ1) is 14.7.